The molecule has 0 aliphatic carbocycles. The van der Waals surface area contributed by atoms with Gasteiger partial charge in [0.15, 0.2) is 5.96 Å². The van der Waals surface area contributed by atoms with Gasteiger partial charge in [-0.15, -0.1) is 11.3 Å². The molecule has 1 saturated heterocycles. The van der Waals surface area contributed by atoms with Gasteiger partial charge in [0.05, 0.1) is 23.1 Å². The highest BCUT2D eigenvalue weighted by Gasteiger charge is 2.29. The third-order valence-electron chi connectivity index (χ3n) is 3.81. The maximum absolute atomic E-state index is 12.6. The van der Waals surface area contributed by atoms with Gasteiger partial charge in [-0.2, -0.15) is 0 Å². The summed E-state index contributed by atoms with van der Waals surface area (Å²) >= 11 is 14.9. The number of hydrogen-bond donors (Lipinski definition) is 3. The number of carbonyl (C=O) groups excluding carboxylic acids is 1. The molecule has 1 amide bonds. The molecule has 1 unspecified atom stereocenters. The summed E-state index contributed by atoms with van der Waals surface area (Å²) in [6.07, 6.45) is 0. The van der Waals surface area contributed by atoms with Crippen molar-refractivity contribution in [3.05, 3.63) is 39.3 Å². The highest BCUT2D eigenvalue weighted by atomic mass is 35.5. The van der Waals surface area contributed by atoms with E-state index in [9.17, 15) is 4.79 Å². The van der Waals surface area contributed by atoms with Gasteiger partial charge in [-0.1, -0.05) is 29.3 Å². The van der Waals surface area contributed by atoms with Crippen molar-refractivity contribution in [3.63, 3.8) is 0 Å². The first-order chi connectivity index (χ1) is 13.3. The van der Waals surface area contributed by atoms with E-state index in [4.69, 9.17) is 39.1 Å². The lowest BCUT2D eigenvalue weighted by Crippen LogP contribution is -2.46. The van der Waals surface area contributed by atoms with Crippen LogP contribution in [0.1, 0.15) is 9.67 Å². The fourth-order valence-corrected chi connectivity index (χ4v) is 5.07. The Labute approximate surface area is 180 Å². The van der Waals surface area contributed by atoms with Crippen molar-refractivity contribution in [2.24, 2.45) is 5.73 Å². The summed E-state index contributed by atoms with van der Waals surface area (Å²) < 4.78 is 7.12. The minimum atomic E-state index is -0.314. The molecule has 1 aliphatic heterocycles. The Bertz CT molecular complexity index is 881. The summed E-state index contributed by atoms with van der Waals surface area (Å²) in [6.45, 7) is 1.61. The summed E-state index contributed by atoms with van der Waals surface area (Å²) in [4.78, 5) is 19.2. The second kappa shape index (κ2) is 9.19. The largest absolute Gasteiger partial charge is 0.376 e. The summed E-state index contributed by atoms with van der Waals surface area (Å²) in [6, 6.07) is 6.63. The lowest BCUT2D eigenvalue weighted by molar-refractivity contribution is 0.103. The molecule has 28 heavy (non-hydrogen) atoms. The van der Waals surface area contributed by atoms with Crippen LogP contribution in [0.2, 0.25) is 10.2 Å². The molecule has 2 aromatic heterocycles. The van der Waals surface area contributed by atoms with E-state index >= 15 is 0 Å². The number of guanidine groups is 1. The zero-order valence-electron chi connectivity index (χ0n) is 14.8. The number of halogens is 2. The highest BCUT2D eigenvalue weighted by molar-refractivity contribution is 7.98. The molecule has 1 aliphatic rings. The number of thiophene rings is 1. The fraction of sp³-hybridized carbons (Fsp3) is 0.312. The number of hydrogen-bond acceptors (Lipinski definition) is 7. The van der Waals surface area contributed by atoms with Gasteiger partial charge >= 0.3 is 0 Å². The van der Waals surface area contributed by atoms with Crippen molar-refractivity contribution in [1.29, 1.82) is 5.41 Å². The number of nitrogens with zero attached hydrogens (tertiary/aromatic N) is 3. The third-order valence-corrected chi connectivity index (χ3v) is 6.74. The first-order valence-electron chi connectivity index (χ1n) is 8.17. The number of carbonyl (C=O) groups is 1. The molecule has 150 valence electrons. The number of nitrogens with one attached hydrogen (secondary N) is 2. The van der Waals surface area contributed by atoms with Crippen LogP contribution in [0, 0.1) is 5.41 Å². The average Bonchev–Trinajstić information content (AvgIpc) is 3.04. The van der Waals surface area contributed by atoms with E-state index in [1.54, 1.807) is 35.6 Å². The number of ether oxygens (including phenoxy) is 1. The van der Waals surface area contributed by atoms with Crippen molar-refractivity contribution in [2.75, 3.05) is 37.0 Å². The van der Waals surface area contributed by atoms with Crippen molar-refractivity contribution in [2.45, 2.75) is 5.37 Å². The smallest absolute Gasteiger partial charge is 0.267 e. The van der Waals surface area contributed by atoms with Crippen LogP contribution in [0.15, 0.2) is 24.3 Å². The number of rotatable bonds is 5. The zero-order chi connectivity index (χ0) is 20.3. The topological polar surface area (TPSA) is 108 Å². The molecular weight excluding hydrogens is 443 g/mol. The van der Waals surface area contributed by atoms with E-state index in [1.165, 1.54) is 23.3 Å². The third kappa shape index (κ3) is 5.00. The average molecular weight is 461 g/mol. The van der Waals surface area contributed by atoms with Gasteiger partial charge in [-0.25, -0.2) is 4.98 Å². The molecule has 1 fully saturated rings. The van der Waals surface area contributed by atoms with E-state index < -0.39 is 0 Å². The predicted molar refractivity (Wildman–Crippen MR) is 116 cm³/mol. The molecule has 12 heteroatoms. The van der Waals surface area contributed by atoms with E-state index in [1.807, 2.05) is 0 Å². The van der Waals surface area contributed by atoms with Crippen LogP contribution in [0.25, 0.3) is 0 Å². The lowest BCUT2D eigenvalue weighted by Gasteiger charge is -2.37. The number of aromatic nitrogens is 1. The summed E-state index contributed by atoms with van der Waals surface area (Å²) in [7, 11) is 1.71. The van der Waals surface area contributed by atoms with Crippen molar-refractivity contribution in [3.8, 4) is 0 Å². The predicted octanol–water partition coefficient (Wildman–Crippen LogP) is 3.34. The summed E-state index contributed by atoms with van der Waals surface area (Å²) in [5, 5.41) is 11.7. The quantitative estimate of drug-likeness (QED) is 0.271. The standard InChI is InChI=1S/C16H18Cl2N6O2S2/c1-23(16(19)20)28-13-8-26-6-5-24(13)15-9(17)7-10(27-15)14(25)22-12-4-2-3-11(18)21-12/h2-4,7,13H,5-6,8H2,1H3,(H3,19,20)(H,21,22,25). The maximum atomic E-state index is 12.6. The SMILES string of the molecule is CN(SC1COCCN1c1sc(C(=O)Nc2cccc(Cl)n2)cc1Cl)C(=N)N. The van der Waals surface area contributed by atoms with Gasteiger partial charge in [0.25, 0.3) is 5.91 Å². The molecule has 0 radical (unpaired) electrons. The summed E-state index contributed by atoms with van der Waals surface area (Å²) in [5.74, 6) is -0.000387. The Kier molecular flexibility index (Phi) is 6.89. The minimum Gasteiger partial charge on any atom is -0.376 e. The van der Waals surface area contributed by atoms with Gasteiger partial charge in [-0.05, 0) is 30.1 Å². The fourth-order valence-electron chi connectivity index (χ4n) is 2.46. The van der Waals surface area contributed by atoms with Crippen molar-refractivity contribution < 1.29 is 9.53 Å². The van der Waals surface area contributed by atoms with E-state index in [0.717, 1.165) is 5.00 Å². The second-order valence-corrected chi connectivity index (χ2v) is 8.90. The Morgan fingerprint density at radius 2 is 2.32 bits per heavy atom. The number of amides is 1. The van der Waals surface area contributed by atoms with Crippen molar-refractivity contribution in [1.82, 2.24) is 9.29 Å². The Hall–Kier alpha value is -1.72. The van der Waals surface area contributed by atoms with Crippen LogP contribution in [0.3, 0.4) is 0 Å². The van der Waals surface area contributed by atoms with Gasteiger partial charge in [0.2, 0.25) is 0 Å². The normalized spacial score (nSPS) is 16.7. The van der Waals surface area contributed by atoms with Gasteiger partial charge in [0, 0.05) is 13.6 Å². The number of anilines is 2. The molecule has 0 saturated carbocycles. The first kappa shape index (κ1) is 21.0. The summed E-state index contributed by atoms with van der Waals surface area (Å²) in [5.41, 5.74) is 5.53. The molecular formula is C16H18Cl2N6O2S2. The van der Waals surface area contributed by atoms with Crippen LogP contribution in [0.4, 0.5) is 10.8 Å². The molecule has 0 aromatic carbocycles. The first-order valence-corrected chi connectivity index (χ1v) is 10.6. The van der Waals surface area contributed by atoms with Crippen LogP contribution in [0.5, 0.6) is 0 Å². The Morgan fingerprint density at radius 3 is 3.04 bits per heavy atom. The van der Waals surface area contributed by atoms with Crippen molar-refractivity contribution >= 4 is 69.2 Å². The van der Waals surface area contributed by atoms with Crippen LogP contribution >= 0.6 is 46.5 Å². The zero-order valence-corrected chi connectivity index (χ0v) is 18.0. The molecule has 2 aromatic rings. The van der Waals surface area contributed by atoms with E-state index in [-0.39, 0.29) is 17.2 Å². The minimum absolute atomic E-state index is 0.0538. The Balaban J connectivity index is 1.77. The number of morpholine rings is 1. The Morgan fingerprint density at radius 1 is 1.54 bits per heavy atom. The molecule has 8 nitrogen and oxygen atoms in total. The number of pyridine rings is 1. The maximum Gasteiger partial charge on any atom is 0.267 e. The monoisotopic (exact) mass is 460 g/mol. The van der Waals surface area contributed by atoms with Gasteiger partial charge < -0.3 is 20.7 Å². The van der Waals surface area contributed by atoms with Gasteiger partial charge in [0.1, 0.15) is 21.3 Å². The molecule has 3 rings (SSSR count). The molecule has 3 heterocycles. The molecule has 0 spiro atoms. The van der Waals surface area contributed by atoms with E-state index in [0.29, 0.717) is 40.6 Å². The van der Waals surface area contributed by atoms with Crippen LogP contribution in [-0.2, 0) is 4.74 Å². The highest BCUT2D eigenvalue weighted by Crippen LogP contribution is 2.39. The van der Waals surface area contributed by atoms with Crippen LogP contribution in [-0.4, -0.2) is 53.3 Å². The molecule has 1 atom stereocenters. The van der Waals surface area contributed by atoms with E-state index in [2.05, 4.69) is 15.2 Å². The molecule has 0 bridgehead atoms. The number of nitrogens with two attached hydrogens (primary N) is 1. The van der Waals surface area contributed by atoms with Crippen LogP contribution < -0.4 is 16.0 Å². The lowest BCUT2D eigenvalue weighted by atomic mass is 10.4. The molecule has 4 N–H and O–H groups in total. The van der Waals surface area contributed by atoms with Gasteiger partial charge in [-0.3, -0.25) is 14.5 Å². The second-order valence-electron chi connectivity index (χ2n) is 5.77.